The van der Waals surface area contributed by atoms with Gasteiger partial charge < -0.3 is 4.98 Å². The number of carbonyl (C=O) groups excluding carboxylic acids is 1. The van der Waals surface area contributed by atoms with E-state index in [4.69, 9.17) is 0 Å². The van der Waals surface area contributed by atoms with Crippen LogP contribution < -0.4 is 0 Å². The maximum Gasteiger partial charge on any atom is 0.196 e. The number of carbonyl (C=O) groups is 1. The number of benzene rings is 2. The Kier molecular flexibility index (Phi) is 2.76. The highest BCUT2D eigenvalue weighted by molar-refractivity contribution is 9.10. The first-order valence-electron chi connectivity index (χ1n) is 5.63. The van der Waals surface area contributed by atoms with Crippen LogP contribution in [-0.2, 0) is 0 Å². The van der Waals surface area contributed by atoms with Crippen LogP contribution in [-0.4, -0.2) is 10.8 Å². The van der Waals surface area contributed by atoms with Gasteiger partial charge in [-0.15, -0.1) is 0 Å². The highest BCUT2D eigenvalue weighted by atomic mass is 79.9. The van der Waals surface area contributed by atoms with Crippen LogP contribution in [0.4, 0.5) is 0 Å². The summed E-state index contributed by atoms with van der Waals surface area (Å²) < 4.78 is 0.820. The molecule has 0 bridgehead atoms. The molecule has 0 saturated heterocycles. The van der Waals surface area contributed by atoms with Crippen LogP contribution in [0, 0.1) is 0 Å². The summed E-state index contributed by atoms with van der Waals surface area (Å²) in [6.45, 7) is 0. The highest BCUT2D eigenvalue weighted by Gasteiger charge is 2.15. The SMILES string of the molecule is O=C(c1ccccc1Br)c1c[nH]c2ccccc12. The molecule has 3 heteroatoms. The molecule has 0 saturated carbocycles. The lowest BCUT2D eigenvalue weighted by molar-refractivity contribution is 0.103. The number of fused-ring (bicyclic) bond motifs is 1. The van der Waals surface area contributed by atoms with Crippen molar-refractivity contribution in [1.29, 1.82) is 0 Å². The van der Waals surface area contributed by atoms with Crippen LogP contribution in [0.25, 0.3) is 10.9 Å². The molecule has 0 radical (unpaired) electrons. The number of rotatable bonds is 2. The summed E-state index contributed by atoms with van der Waals surface area (Å²) in [6, 6.07) is 15.3. The molecule has 2 nitrogen and oxygen atoms in total. The third-order valence-electron chi connectivity index (χ3n) is 2.95. The minimum atomic E-state index is 0.0277. The average Bonchev–Trinajstić information content (AvgIpc) is 2.82. The van der Waals surface area contributed by atoms with Crippen molar-refractivity contribution < 1.29 is 4.79 Å². The van der Waals surface area contributed by atoms with Gasteiger partial charge in [0.15, 0.2) is 5.78 Å². The average molecular weight is 300 g/mol. The second-order valence-electron chi connectivity index (χ2n) is 4.06. The highest BCUT2D eigenvalue weighted by Crippen LogP contribution is 2.24. The van der Waals surface area contributed by atoms with Crippen LogP contribution in [0.15, 0.2) is 59.2 Å². The first kappa shape index (κ1) is 11.2. The molecule has 0 aliphatic heterocycles. The molecule has 1 N–H and O–H groups in total. The monoisotopic (exact) mass is 299 g/mol. The van der Waals surface area contributed by atoms with Gasteiger partial charge in [-0.25, -0.2) is 0 Å². The van der Waals surface area contributed by atoms with Crippen molar-refractivity contribution in [1.82, 2.24) is 4.98 Å². The molecule has 0 amide bonds. The summed E-state index contributed by atoms with van der Waals surface area (Å²) in [6.07, 6.45) is 1.77. The minimum absolute atomic E-state index is 0.0277. The lowest BCUT2D eigenvalue weighted by Gasteiger charge is -2.02. The summed E-state index contributed by atoms with van der Waals surface area (Å²) in [5.41, 5.74) is 2.37. The van der Waals surface area contributed by atoms with Gasteiger partial charge in [-0.1, -0.05) is 46.3 Å². The van der Waals surface area contributed by atoms with E-state index in [2.05, 4.69) is 20.9 Å². The summed E-state index contributed by atoms with van der Waals surface area (Å²) in [5, 5.41) is 0.957. The van der Waals surface area contributed by atoms with Crippen molar-refractivity contribution in [2.24, 2.45) is 0 Å². The van der Waals surface area contributed by atoms with E-state index in [1.807, 2.05) is 48.5 Å². The molecule has 3 aromatic rings. The predicted molar refractivity (Wildman–Crippen MR) is 75.9 cm³/mol. The Hall–Kier alpha value is -1.87. The zero-order valence-electron chi connectivity index (χ0n) is 9.48. The topological polar surface area (TPSA) is 32.9 Å². The largest absolute Gasteiger partial charge is 0.360 e. The van der Waals surface area contributed by atoms with Crippen LogP contribution >= 0.6 is 15.9 Å². The van der Waals surface area contributed by atoms with Gasteiger partial charge >= 0.3 is 0 Å². The third kappa shape index (κ3) is 1.77. The maximum absolute atomic E-state index is 12.5. The van der Waals surface area contributed by atoms with E-state index in [-0.39, 0.29) is 5.78 Å². The number of nitrogens with one attached hydrogen (secondary N) is 1. The van der Waals surface area contributed by atoms with Gasteiger partial charge in [0.25, 0.3) is 0 Å². The number of para-hydroxylation sites is 1. The van der Waals surface area contributed by atoms with E-state index in [0.717, 1.165) is 15.4 Å². The normalized spacial score (nSPS) is 10.7. The van der Waals surface area contributed by atoms with E-state index in [1.165, 1.54) is 0 Å². The van der Waals surface area contributed by atoms with Crippen molar-refractivity contribution in [3.8, 4) is 0 Å². The summed E-state index contributed by atoms with van der Waals surface area (Å²) in [4.78, 5) is 15.6. The molecule has 1 heterocycles. The molecular formula is C15H10BrNO. The Morgan fingerprint density at radius 3 is 2.50 bits per heavy atom. The molecule has 1 aromatic heterocycles. The minimum Gasteiger partial charge on any atom is -0.360 e. The molecule has 0 unspecified atom stereocenters. The molecule has 18 heavy (non-hydrogen) atoms. The van der Waals surface area contributed by atoms with Crippen molar-refractivity contribution in [3.05, 3.63) is 70.3 Å². The van der Waals surface area contributed by atoms with Crippen LogP contribution in [0.2, 0.25) is 0 Å². The van der Waals surface area contributed by atoms with E-state index in [9.17, 15) is 4.79 Å². The van der Waals surface area contributed by atoms with E-state index in [1.54, 1.807) is 6.20 Å². The van der Waals surface area contributed by atoms with Crippen LogP contribution in [0.5, 0.6) is 0 Å². The number of ketones is 1. The lowest BCUT2D eigenvalue weighted by Crippen LogP contribution is -2.01. The predicted octanol–water partition coefficient (Wildman–Crippen LogP) is 4.16. The Labute approximate surface area is 113 Å². The number of H-pyrrole nitrogens is 1. The molecular weight excluding hydrogens is 290 g/mol. The molecule has 3 rings (SSSR count). The van der Waals surface area contributed by atoms with Gasteiger partial charge in [-0.2, -0.15) is 0 Å². The first-order chi connectivity index (χ1) is 8.77. The molecule has 0 atom stereocenters. The van der Waals surface area contributed by atoms with E-state index < -0.39 is 0 Å². The van der Waals surface area contributed by atoms with Gasteiger partial charge in [0.2, 0.25) is 0 Å². The van der Waals surface area contributed by atoms with Crippen molar-refractivity contribution in [2.75, 3.05) is 0 Å². The zero-order valence-corrected chi connectivity index (χ0v) is 11.1. The van der Waals surface area contributed by atoms with Gasteiger partial charge in [0.05, 0.1) is 0 Å². The second kappa shape index (κ2) is 4.42. The van der Waals surface area contributed by atoms with Crippen molar-refractivity contribution in [2.45, 2.75) is 0 Å². The molecule has 0 aliphatic rings. The van der Waals surface area contributed by atoms with E-state index >= 15 is 0 Å². The quantitative estimate of drug-likeness (QED) is 0.708. The summed E-state index contributed by atoms with van der Waals surface area (Å²) >= 11 is 3.42. The number of hydrogen-bond acceptors (Lipinski definition) is 1. The number of aromatic nitrogens is 1. The molecule has 2 aromatic carbocycles. The van der Waals surface area contributed by atoms with Crippen LogP contribution in [0.1, 0.15) is 15.9 Å². The van der Waals surface area contributed by atoms with Gasteiger partial charge in [0.1, 0.15) is 0 Å². The number of halogens is 1. The van der Waals surface area contributed by atoms with E-state index in [0.29, 0.717) is 11.1 Å². The molecule has 0 fully saturated rings. The van der Waals surface area contributed by atoms with Crippen LogP contribution in [0.3, 0.4) is 0 Å². The Morgan fingerprint density at radius 2 is 1.67 bits per heavy atom. The maximum atomic E-state index is 12.5. The Bertz CT molecular complexity index is 730. The Balaban J connectivity index is 2.16. The fourth-order valence-electron chi connectivity index (χ4n) is 2.05. The zero-order chi connectivity index (χ0) is 12.5. The fraction of sp³-hybridized carbons (Fsp3) is 0. The van der Waals surface area contributed by atoms with Gasteiger partial charge in [0, 0.05) is 32.7 Å². The third-order valence-corrected chi connectivity index (χ3v) is 3.64. The van der Waals surface area contributed by atoms with Crippen molar-refractivity contribution in [3.63, 3.8) is 0 Å². The molecule has 0 aliphatic carbocycles. The lowest BCUT2D eigenvalue weighted by atomic mass is 10.0. The fourth-order valence-corrected chi connectivity index (χ4v) is 2.51. The molecule has 88 valence electrons. The molecule has 0 spiro atoms. The Morgan fingerprint density at radius 1 is 0.944 bits per heavy atom. The number of hydrogen-bond donors (Lipinski definition) is 1. The first-order valence-corrected chi connectivity index (χ1v) is 6.42. The standard InChI is InChI=1S/C15H10BrNO/c16-13-7-3-1-6-11(13)15(18)12-9-17-14-8-4-2-5-10(12)14/h1-9,17H. The second-order valence-corrected chi connectivity index (χ2v) is 4.91. The summed E-state index contributed by atoms with van der Waals surface area (Å²) in [7, 11) is 0. The van der Waals surface area contributed by atoms with Crippen molar-refractivity contribution >= 4 is 32.6 Å². The summed E-state index contributed by atoms with van der Waals surface area (Å²) in [5.74, 6) is 0.0277. The number of aromatic amines is 1. The van der Waals surface area contributed by atoms with Gasteiger partial charge in [-0.05, 0) is 18.2 Å². The smallest absolute Gasteiger partial charge is 0.196 e. The van der Waals surface area contributed by atoms with Gasteiger partial charge in [-0.3, -0.25) is 4.79 Å².